The summed E-state index contributed by atoms with van der Waals surface area (Å²) >= 11 is 0. The normalized spacial score (nSPS) is 12.3. The van der Waals surface area contributed by atoms with E-state index in [-0.39, 0.29) is 5.91 Å². The largest absolute Gasteiger partial charge is 0.334 e. The lowest BCUT2D eigenvalue weighted by atomic mass is 9.95. The molecule has 0 aliphatic carbocycles. The zero-order chi connectivity index (χ0) is 22.0. The highest BCUT2D eigenvalue weighted by Gasteiger charge is 2.14. The van der Waals surface area contributed by atoms with Crippen LogP contribution in [0.4, 0.5) is 5.82 Å². The van der Waals surface area contributed by atoms with Gasteiger partial charge in [-0.1, -0.05) is 32.9 Å². The second-order valence-electron chi connectivity index (χ2n) is 8.48. The molecule has 1 unspecified atom stereocenters. The number of hydrogen-bond acceptors (Lipinski definition) is 4. The summed E-state index contributed by atoms with van der Waals surface area (Å²) in [7, 11) is 1.97. The van der Waals surface area contributed by atoms with Gasteiger partial charge in [0, 0.05) is 41.6 Å². The lowest BCUT2D eigenvalue weighted by molar-refractivity contribution is 0.102. The van der Waals surface area contributed by atoms with E-state index in [0.717, 1.165) is 34.1 Å². The van der Waals surface area contributed by atoms with Crippen molar-refractivity contribution in [1.29, 1.82) is 0 Å². The van der Waals surface area contributed by atoms with Gasteiger partial charge < -0.3 is 9.88 Å². The number of benzene rings is 1. The van der Waals surface area contributed by atoms with E-state index >= 15 is 0 Å². The van der Waals surface area contributed by atoms with Gasteiger partial charge in [-0.25, -0.2) is 9.97 Å². The molecule has 0 saturated carbocycles. The van der Waals surface area contributed by atoms with Crippen LogP contribution in [-0.2, 0) is 7.05 Å². The van der Waals surface area contributed by atoms with Crippen molar-refractivity contribution in [3.05, 3.63) is 72.6 Å². The molecule has 1 atom stereocenters. The fraction of sp³-hybridized carbons (Fsp3) is 0.280. The van der Waals surface area contributed by atoms with E-state index in [1.807, 2.05) is 36.0 Å². The van der Waals surface area contributed by atoms with Crippen LogP contribution in [0.5, 0.6) is 0 Å². The van der Waals surface area contributed by atoms with Gasteiger partial charge in [0.1, 0.15) is 5.82 Å². The first-order valence-electron chi connectivity index (χ1n) is 10.5. The average molecular weight is 414 g/mol. The molecule has 0 aliphatic rings. The number of aryl methyl sites for hydroxylation is 1. The minimum Gasteiger partial charge on any atom is -0.334 e. The maximum absolute atomic E-state index is 12.9. The minimum atomic E-state index is -0.185. The molecule has 1 aromatic carbocycles. The average Bonchev–Trinajstić information content (AvgIpc) is 3.18. The van der Waals surface area contributed by atoms with Crippen LogP contribution in [0.1, 0.15) is 49.2 Å². The van der Waals surface area contributed by atoms with Crippen molar-refractivity contribution in [2.45, 2.75) is 33.1 Å². The standard InChI is InChI=1S/C25H27N5O/c1-16(2)9-17(3)22-11-19(7-8-27-22)25(31)29-24-12-21-10-18(5-6-20(21)13-28-24)23-14-26-15-30(23)4/h5-8,10-17H,9H2,1-4H3,(H,28,29,31). The van der Waals surface area contributed by atoms with Gasteiger partial charge in [0.05, 0.1) is 18.2 Å². The predicted molar refractivity (Wildman–Crippen MR) is 124 cm³/mol. The number of nitrogens with zero attached hydrogens (tertiary/aromatic N) is 4. The van der Waals surface area contributed by atoms with E-state index < -0.39 is 0 Å². The quantitative estimate of drug-likeness (QED) is 0.457. The second kappa shape index (κ2) is 8.68. The van der Waals surface area contributed by atoms with E-state index in [1.165, 1.54) is 0 Å². The summed E-state index contributed by atoms with van der Waals surface area (Å²) < 4.78 is 1.98. The number of rotatable bonds is 6. The van der Waals surface area contributed by atoms with E-state index in [1.54, 1.807) is 24.8 Å². The number of carbonyl (C=O) groups is 1. The van der Waals surface area contributed by atoms with Gasteiger partial charge in [-0.05, 0) is 47.9 Å². The van der Waals surface area contributed by atoms with Gasteiger partial charge in [0.25, 0.3) is 5.91 Å². The third-order valence-electron chi connectivity index (χ3n) is 5.45. The Labute approximate surface area is 182 Å². The van der Waals surface area contributed by atoms with Crippen LogP contribution < -0.4 is 5.32 Å². The van der Waals surface area contributed by atoms with Crippen LogP contribution in [-0.4, -0.2) is 25.4 Å². The molecule has 0 radical (unpaired) electrons. The number of carbonyl (C=O) groups excluding carboxylic acids is 1. The number of anilines is 1. The number of amides is 1. The Bertz CT molecular complexity index is 1230. The molecule has 1 amide bonds. The fourth-order valence-electron chi connectivity index (χ4n) is 3.88. The summed E-state index contributed by atoms with van der Waals surface area (Å²) in [4.78, 5) is 25.9. The molecule has 1 N–H and O–H groups in total. The molecule has 0 fully saturated rings. The van der Waals surface area contributed by atoms with Crippen LogP contribution >= 0.6 is 0 Å². The van der Waals surface area contributed by atoms with Crippen LogP contribution in [0.2, 0.25) is 0 Å². The lowest BCUT2D eigenvalue weighted by Crippen LogP contribution is -2.14. The molecule has 4 aromatic rings. The molecule has 0 saturated heterocycles. The van der Waals surface area contributed by atoms with Crippen molar-refractivity contribution in [3.8, 4) is 11.3 Å². The van der Waals surface area contributed by atoms with Gasteiger partial charge in [0.15, 0.2) is 0 Å². The van der Waals surface area contributed by atoms with Crippen molar-refractivity contribution >= 4 is 22.5 Å². The third-order valence-corrected chi connectivity index (χ3v) is 5.45. The first-order valence-corrected chi connectivity index (χ1v) is 10.5. The Morgan fingerprint density at radius 1 is 1.03 bits per heavy atom. The van der Waals surface area contributed by atoms with E-state index in [4.69, 9.17) is 0 Å². The third kappa shape index (κ3) is 4.63. The maximum atomic E-state index is 12.9. The molecule has 0 bridgehead atoms. The lowest BCUT2D eigenvalue weighted by Gasteiger charge is -2.14. The summed E-state index contributed by atoms with van der Waals surface area (Å²) in [6, 6.07) is 11.7. The van der Waals surface area contributed by atoms with Crippen LogP contribution in [0.15, 0.2) is 61.3 Å². The number of fused-ring (bicyclic) bond motifs is 1. The second-order valence-corrected chi connectivity index (χ2v) is 8.48. The van der Waals surface area contributed by atoms with Crippen LogP contribution in [0.25, 0.3) is 22.0 Å². The summed E-state index contributed by atoms with van der Waals surface area (Å²) in [5.41, 5.74) is 3.62. The Kier molecular flexibility index (Phi) is 5.80. The van der Waals surface area contributed by atoms with Crippen molar-refractivity contribution in [3.63, 3.8) is 0 Å². The number of nitrogens with one attached hydrogen (secondary N) is 1. The zero-order valence-electron chi connectivity index (χ0n) is 18.3. The highest BCUT2D eigenvalue weighted by atomic mass is 16.1. The van der Waals surface area contributed by atoms with Crippen molar-refractivity contribution in [1.82, 2.24) is 19.5 Å². The molecule has 31 heavy (non-hydrogen) atoms. The van der Waals surface area contributed by atoms with Crippen molar-refractivity contribution in [2.24, 2.45) is 13.0 Å². The summed E-state index contributed by atoms with van der Waals surface area (Å²) in [6.07, 6.45) is 8.13. The smallest absolute Gasteiger partial charge is 0.256 e. The monoisotopic (exact) mass is 413 g/mol. The molecular formula is C25H27N5O. The first kappa shape index (κ1) is 20.7. The maximum Gasteiger partial charge on any atom is 0.256 e. The fourth-order valence-corrected chi connectivity index (χ4v) is 3.88. The summed E-state index contributed by atoms with van der Waals surface area (Å²) in [5.74, 6) is 1.22. The van der Waals surface area contributed by atoms with E-state index in [0.29, 0.717) is 23.2 Å². The van der Waals surface area contributed by atoms with E-state index in [9.17, 15) is 4.79 Å². The Hall–Kier alpha value is -3.54. The van der Waals surface area contributed by atoms with Crippen molar-refractivity contribution in [2.75, 3.05) is 5.32 Å². The molecule has 6 heteroatoms. The van der Waals surface area contributed by atoms with Crippen LogP contribution in [0.3, 0.4) is 0 Å². The Morgan fingerprint density at radius 3 is 2.61 bits per heavy atom. The predicted octanol–water partition coefficient (Wildman–Crippen LogP) is 5.43. The van der Waals surface area contributed by atoms with Gasteiger partial charge in [-0.3, -0.25) is 9.78 Å². The molecule has 4 rings (SSSR count). The molecular weight excluding hydrogens is 386 g/mol. The Balaban J connectivity index is 1.57. The molecule has 158 valence electrons. The van der Waals surface area contributed by atoms with Gasteiger partial charge in [0.2, 0.25) is 0 Å². The topological polar surface area (TPSA) is 72.7 Å². The first-order chi connectivity index (χ1) is 14.9. The number of aromatic nitrogens is 4. The number of hydrogen-bond donors (Lipinski definition) is 1. The molecule has 0 spiro atoms. The van der Waals surface area contributed by atoms with Gasteiger partial charge in [-0.15, -0.1) is 0 Å². The molecule has 3 heterocycles. The highest BCUT2D eigenvalue weighted by Crippen LogP contribution is 2.26. The van der Waals surface area contributed by atoms with Gasteiger partial charge >= 0.3 is 0 Å². The zero-order valence-corrected chi connectivity index (χ0v) is 18.3. The van der Waals surface area contributed by atoms with Gasteiger partial charge in [-0.2, -0.15) is 0 Å². The van der Waals surface area contributed by atoms with E-state index in [2.05, 4.69) is 53.2 Å². The molecule has 6 nitrogen and oxygen atoms in total. The minimum absolute atomic E-state index is 0.185. The summed E-state index contributed by atoms with van der Waals surface area (Å²) in [6.45, 7) is 6.53. The summed E-state index contributed by atoms with van der Waals surface area (Å²) in [5, 5.41) is 4.94. The van der Waals surface area contributed by atoms with Crippen molar-refractivity contribution < 1.29 is 4.79 Å². The Morgan fingerprint density at radius 2 is 1.87 bits per heavy atom. The number of pyridine rings is 2. The highest BCUT2D eigenvalue weighted by molar-refractivity contribution is 6.04. The number of imidazole rings is 1. The molecule has 0 aliphatic heterocycles. The SMILES string of the molecule is CC(C)CC(C)c1cc(C(=O)Nc2cc3cc(-c4cncn4C)ccc3cn2)ccn1. The molecule has 3 aromatic heterocycles. The van der Waals surface area contributed by atoms with Crippen LogP contribution in [0, 0.1) is 5.92 Å².